The van der Waals surface area contributed by atoms with Crippen LogP contribution in [0.1, 0.15) is 44.7 Å². The summed E-state index contributed by atoms with van der Waals surface area (Å²) in [5, 5.41) is 25.1. The van der Waals surface area contributed by atoms with E-state index in [4.69, 9.17) is 0 Å². The summed E-state index contributed by atoms with van der Waals surface area (Å²) in [5.41, 5.74) is 0.706. The Kier molecular flexibility index (Phi) is 5.17. The highest BCUT2D eigenvalue weighted by Gasteiger charge is 2.34. The quantitative estimate of drug-likeness (QED) is 0.641. The molecule has 7 heteroatoms. The summed E-state index contributed by atoms with van der Waals surface area (Å²) in [6.45, 7) is 2.89. The Labute approximate surface area is 124 Å². The topological polar surface area (TPSA) is 84.4 Å². The lowest BCUT2D eigenvalue weighted by Crippen LogP contribution is -2.41. The number of aromatic nitrogens is 2. The summed E-state index contributed by atoms with van der Waals surface area (Å²) >= 11 is 0. The Morgan fingerprint density at radius 2 is 2.24 bits per heavy atom. The first kappa shape index (κ1) is 15.8. The predicted molar refractivity (Wildman–Crippen MR) is 80.5 cm³/mol. The van der Waals surface area contributed by atoms with Gasteiger partial charge in [0.15, 0.2) is 0 Å². The molecule has 118 valence electrons. The van der Waals surface area contributed by atoms with Gasteiger partial charge in [0.25, 0.3) is 0 Å². The molecule has 0 aromatic carbocycles. The zero-order chi connectivity index (χ0) is 15.4. The van der Waals surface area contributed by atoms with E-state index in [0.717, 1.165) is 32.2 Å². The summed E-state index contributed by atoms with van der Waals surface area (Å²) in [7, 11) is 1.77. The number of nitro groups is 1. The summed E-state index contributed by atoms with van der Waals surface area (Å²) in [5.74, 6) is 0.599. The molecule has 0 radical (unpaired) electrons. The smallest absolute Gasteiger partial charge is 0.334 e. The van der Waals surface area contributed by atoms with Crippen molar-refractivity contribution in [2.24, 2.45) is 7.05 Å². The lowest BCUT2D eigenvalue weighted by Gasteiger charge is -2.36. The van der Waals surface area contributed by atoms with Crippen molar-refractivity contribution in [2.75, 3.05) is 18.1 Å². The van der Waals surface area contributed by atoms with Gasteiger partial charge >= 0.3 is 5.69 Å². The van der Waals surface area contributed by atoms with Gasteiger partial charge in [-0.3, -0.25) is 10.1 Å². The van der Waals surface area contributed by atoms with E-state index in [1.165, 1.54) is 0 Å². The fourth-order valence-corrected chi connectivity index (χ4v) is 3.20. The maximum absolute atomic E-state index is 11.5. The predicted octanol–water partition coefficient (Wildman–Crippen LogP) is 2.02. The third-order valence-electron chi connectivity index (χ3n) is 4.09. The Morgan fingerprint density at radius 3 is 2.86 bits per heavy atom. The summed E-state index contributed by atoms with van der Waals surface area (Å²) in [4.78, 5) is 13.3. The van der Waals surface area contributed by atoms with Gasteiger partial charge in [-0.15, -0.1) is 0 Å². The van der Waals surface area contributed by atoms with Gasteiger partial charge in [-0.2, -0.15) is 5.10 Å². The summed E-state index contributed by atoms with van der Waals surface area (Å²) in [6.07, 6.45) is 5.18. The average molecular weight is 296 g/mol. The molecular weight excluding hydrogens is 272 g/mol. The first-order valence-electron chi connectivity index (χ1n) is 7.67. The lowest BCUT2D eigenvalue weighted by molar-refractivity contribution is -0.384. The number of hydrogen-bond donors (Lipinski definition) is 1. The van der Waals surface area contributed by atoms with Crippen molar-refractivity contribution in [3.8, 4) is 0 Å². The minimum absolute atomic E-state index is 0.106. The Hall–Kier alpha value is -1.63. The third kappa shape index (κ3) is 3.18. The fourth-order valence-electron chi connectivity index (χ4n) is 3.20. The highest BCUT2D eigenvalue weighted by molar-refractivity contribution is 5.62. The lowest BCUT2D eigenvalue weighted by atomic mass is 9.99. The normalized spacial score (nSPS) is 19.0. The molecule has 1 atom stereocenters. The van der Waals surface area contributed by atoms with E-state index in [2.05, 4.69) is 10.00 Å². The van der Waals surface area contributed by atoms with Gasteiger partial charge in [0.05, 0.1) is 4.92 Å². The van der Waals surface area contributed by atoms with Crippen molar-refractivity contribution >= 4 is 11.5 Å². The van der Waals surface area contributed by atoms with E-state index < -0.39 is 0 Å². The van der Waals surface area contributed by atoms with Gasteiger partial charge in [-0.05, 0) is 32.1 Å². The second-order valence-corrected chi connectivity index (χ2v) is 5.60. The van der Waals surface area contributed by atoms with Crippen LogP contribution in [0.25, 0.3) is 0 Å². The maximum Gasteiger partial charge on any atom is 0.334 e. The Bertz CT molecular complexity index is 499. The molecule has 0 spiro atoms. The van der Waals surface area contributed by atoms with Crippen LogP contribution in [0.2, 0.25) is 0 Å². The van der Waals surface area contributed by atoms with E-state index in [0.29, 0.717) is 24.4 Å². The SMILES string of the molecule is CCCc1nn(C)c(N2CCCCC2CCO)c1[N+](=O)[O-]. The van der Waals surface area contributed by atoms with Crippen LogP contribution in [-0.2, 0) is 13.5 Å². The van der Waals surface area contributed by atoms with Crippen LogP contribution in [0, 0.1) is 10.1 Å². The molecule has 1 aromatic rings. The van der Waals surface area contributed by atoms with Crippen molar-refractivity contribution in [3.63, 3.8) is 0 Å². The van der Waals surface area contributed by atoms with Crippen molar-refractivity contribution in [1.82, 2.24) is 9.78 Å². The van der Waals surface area contributed by atoms with E-state index >= 15 is 0 Å². The first-order chi connectivity index (χ1) is 10.1. The van der Waals surface area contributed by atoms with Crippen LogP contribution in [0.4, 0.5) is 11.5 Å². The number of piperidine rings is 1. The molecule has 2 rings (SSSR count). The van der Waals surface area contributed by atoms with Gasteiger partial charge in [0.2, 0.25) is 5.82 Å². The Morgan fingerprint density at radius 1 is 1.48 bits per heavy atom. The van der Waals surface area contributed by atoms with E-state index in [-0.39, 0.29) is 23.3 Å². The number of nitrogens with zero attached hydrogens (tertiary/aromatic N) is 4. The second-order valence-electron chi connectivity index (χ2n) is 5.60. The zero-order valence-electron chi connectivity index (χ0n) is 12.8. The number of hydrogen-bond acceptors (Lipinski definition) is 5. The van der Waals surface area contributed by atoms with Crippen molar-refractivity contribution in [2.45, 2.75) is 51.5 Å². The number of anilines is 1. The van der Waals surface area contributed by atoms with Crippen LogP contribution >= 0.6 is 0 Å². The van der Waals surface area contributed by atoms with Gasteiger partial charge in [0.1, 0.15) is 5.69 Å². The minimum Gasteiger partial charge on any atom is -0.396 e. The van der Waals surface area contributed by atoms with Crippen molar-refractivity contribution in [3.05, 3.63) is 15.8 Å². The molecule has 0 aliphatic carbocycles. The van der Waals surface area contributed by atoms with Gasteiger partial charge in [0, 0.05) is 26.2 Å². The molecule has 1 saturated heterocycles. The maximum atomic E-state index is 11.5. The monoisotopic (exact) mass is 296 g/mol. The number of aliphatic hydroxyl groups is 1. The van der Waals surface area contributed by atoms with Crippen molar-refractivity contribution in [1.29, 1.82) is 0 Å². The molecule has 2 heterocycles. The van der Waals surface area contributed by atoms with E-state index in [9.17, 15) is 15.2 Å². The standard InChI is InChI=1S/C14H24N4O3/c1-3-6-12-13(18(20)21)14(16(2)15-12)17-9-5-4-7-11(17)8-10-19/h11,19H,3-10H2,1-2H3. The largest absolute Gasteiger partial charge is 0.396 e. The van der Waals surface area contributed by atoms with Gasteiger partial charge in [-0.1, -0.05) is 13.3 Å². The van der Waals surface area contributed by atoms with Gasteiger partial charge in [-0.25, -0.2) is 4.68 Å². The van der Waals surface area contributed by atoms with Crippen LogP contribution < -0.4 is 4.90 Å². The minimum atomic E-state index is -0.308. The molecule has 1 aromatic heterocycles. The third-order valence-corrected chi connectivity index (χ3v) is 4.09. The van der Waals surface area contributed by atoms with Crippen LogP contribution in [-0.4, -0.2) is 39.0 Å². The summed E-state index contributed by atoms with van der Waals surface area (Å²) in [6, 6.07) is 0.160. The highest BCUT2D eigenvalue weighted by Crippen LogP contribution is 2.36. The van der Waals surface area contributed by atoms with Gasteiger partial charge < -0.3 is 10.0 Å². The first-order valence-corrected chi connectivity index (χ1v) is 7.67. The number of aryl methyl sites for hydroxylation is 2. The molecular formula is C14H24N4O3. The van der Waals surface area contributed by atoms with Crippen LogP contribution in [0.5, 0.6) is 0 Å². The molecule has 1 N–H and O–H groups in total. The number of aliphatic hydroxyl groups excluding tert-OH is 1. The molecule has 1 aliphatic heterocycles. The Balaban J connectivity index is 2.42. The van der Waals surface area contributed by atoms with Crippen LogP contribution in [0.15, 0.2) is 0 Å². The molecule has 7 nitrogen and oxygen atoms in total. The molecule has 1 aliphatic rings. The number of rotatable bonds is 6. The van der Waals surface area contributed by atoms with Crippen molar-refractivity contribution < 1.29 is 10.0 Å². The second kappa shape index (κ2) is 6.89. The fraction of sp³-hybridized carbons (Fsp3) is 0.786. The zero-order valence-corrected chi connectivity index (χ0v) is 12.8. The average Bonchev–Trinajstić information content (AvgIpc) is 2.77. The molecule has 1 unspecified atom stereocenters. The summed E-state index contributed by atoms with van der Waals surface area (Å²) < 4.78 is 1.64. The molecule has 0 amide bonds. The molecule has 0 bridgehead atoms. The molecule has 21 heavy (non-hydrogen) atoms. The van der Waals surface area contributed by atoms with Crippen LogP contribution in [0.3, 0.4) is 0 Å². The molecule has 0 saturated carbocycles. The highest BCUT2D eigenvalue weighted by atomic mass is 16.6. The molecule has 1 fully saturated rings. The van der Waals surface area contributed by atoms with E-state index in [1.54, 1.807) is 11.7 Å². The van der Waals surface area contributed by atoms with E-state index in [1.807, 2.05) is 6.92 Å².